The van der Waals surface area contributed by atoms with Crippen LogP contribution in [0.2, 0.25) is 0 Å². The monoisotopic (exact) mass is 191 g/mol. The molecule has 0 atom stereocenters. The van der Waals surface area contributed by atoms with Crippen LogP contribution >= 0.6 is 0 Å². The highest BCUT2D eigenvalue weighted by atomic mass is 19.3. The van der Waals surface area contributed by atoms with E-state index in [-0.39, 0.29) is 10.2 Å². The first-order valence-electron chi connectivity index (χ1n) is 3.93. The van der Waals surface area contributed by atoms with E-state index in [0.29, 0.717) is 6.54 Å². The Morgan fingerprint density at radius 3 is 2.23 bits per heavy atom. The number of ketones is 1. The van der Waals surface area contributed by atoms with E-state index < -0.39 is 17.5 Å². The van der Waals surface area contributed by atoms with Crippen LogP contribution in [0.25, 0.3) is 0 Å². The Bertz CT molecular complexity index is 295. The molecule has 0 N–H and O–H groups in total. The predicted molar refractivity (Wildman–Crippen MR) is 39.6 cm³/mol. The Morgan fingerprint density at radius 2 is 1.92 bits per heavy atom. The number of hydrogen-bond acceptors (Lipinski definition) is 2. The van der Waals surface area contributed by atoms with Gasteiger partial charge >= 0.3 is 5.92 Å². The normalized spacial score (nSPS) is 21.8. The van der Waals surface area contributed by atoms with Crippen molar-refractivity contribution in [2.75, 3.05) is 20.6 Å². The quantitative estimate of drug-likeness (QED) is 0.570. The average Bonchev–Trinajstić information content (AvgIpc) is 2.04. The van der Waals surface area contributed by atoms with E-state index >= 15 is 0 Å². The van der Waals surface area contributed by atoms with Gasteiger partial charge in [-0.15, -0.1) is 0 Å². The van der Waals surface area contributed by atoms with Crippen LogP contribution in [-0.4, -0.2) is 36.8 Å². The van der Waals surface area contributed by atoms with Gasteiger partial charge in [-0.1, -0.05) is 0 Å². The topological polar surface area (TPSA) is 40.1 Å². The number of likely N-dealkylation sites (N-methyl/N-ethyl adjacent to an activating group) is 1. The molecule has 0 spiro atoms. The first-order chi connectivity index (χ1) is 5.75. The van der Waals surface area contributed by atoms with Crippen LogP contribution in [0.15, 0.2) is 11.5 Å². The molecule has 0 saturated carbocycles. The van der Waals surface area contributed by atoms with E-state index in [2.05, 4.69) is 0 Å². The molecule has 0 aliphatic heterocycles. The number of nitrogens with zero attached hydrogens (tertiary/aromatic N) is 1. The van der Waals surface area contributed by atoms with E-state index in [0.717, 1.165) is 0 Å². The van der Waals surface area contributed by atoms with Gasteiger partial charge in [0.2, 0.25) is 0 Å². The first kappa shape index (κ1) is 10.1. The molecule has 0 amide bonds. The molecule has 0 aromatic heterocycles. The maximum Gasteiger partial charge on any atom is 0.332 e. The maximum absolute atomic E-state index is 12.5. The zero-order chi connectivity index (χ0) is 10.4. The van der Waals surface area contributed by atoms with Crippen molar-refractivity contribution in [3.63, 3.8) is 0 Å². The molecular weight excluding hydrogens is 180 g/mol. The highest BCUT2D eigenvalue weighted by Crippen LogP contribution is 2.39. The number of allylic oxidation sites excluding steroid dienone is 2. The predicted octanol–water partition coefficient (Wildman–Crippen LogP) is -0.127. The SMILES string of the molecule is CC[N+](C)(C)C1=C([O-])C(F)(F)C1=O. The molecule has 0 fully saturated rings. The van der Waals surface area contributed by atoms with Gasteiger partial charge in [0.25, 0.3) is 5.78 Å². The summed E-state index contributed by atoms with van der Waals surface area (Å²) in [6.07, 6.45) is 0. The van der Waals surface area contributed by atoms with Gasteiger partial charge in [-0.3, -0.25) is 9.28 Å². The summed E-state index contributed by atoms with van der Waals surface area (Å²) in [4.78, 5) is 10.9. The van der Waals surface area contributed by atoms with E-state index in [1.165, 1.54) is 0 Å². The fourth-order valence-electron chi connectivity index (χ4n) is 1.15. The van der Waals surface area contributed by atoms with Gasteiger partial charge in [-0.2, -0.15) is 8.78 Å². The lowest BCUT2D eigenvalue weighted by Gasteiger charge is -2.42. The van der Waals surface area contributed by atoms with Crippen molar-refractivity contribution in [2.45, 2.75) is 12.8 Å². The van der Waals surface area contributed by atoms with Crippen molar-refractivity contribution in [3.8, 4) is 0 Å². The van der Waals surface area contributed by atoms with E-state index in [1.807, 2.05) is 0 Å². The van der Waals surface area contributed by atoms with Gasteiger partial charge in [0.15, 0.2) is 5.70 Å². The van der Waals surface area contributed by atoms with Gasteiger partial charge in [-0.05, 0) is 6.92 Å². The lowest BCUT2D eigenvalue weighted by molar-refractivity contribution is -0.850. The van der Waals surface area contributed by atoms with Gasteiger partial charge in [-0.25, -0.2) is 0 Å². The largest absolute Gasteiger partial charge is 0.867 e. The summed E-state index contributed by atoms with van der Waals surface area (Å²) in [6.45, 7) is 2.16. The number of hydrogen-bond donors (Lipinski definition) is 0. The minimum Gasteiger partial charge on any atom is -0.867 e. The Kier molecular flexibility index (Phi) is 1.95. The molecule has 74 valence electrons. The second kappa shape index (κ2) is 2.51. The molecule has 5 heteroatoms. The van der Waals surface area contributed by atoms with Gasteiger partial charge in [0.1, 0.15) is 0 Å². The van der Waals surface area contributed by atoms with Crippen LogP contribution in [0.1, 0.15) is 6.92 Å². The van der Waals surface area contributed by atoms with Crippen molar-refractivity contribution in [1.29, 1.82) is 0 Å². The fourth-order valence-corrected chi connectivity index (χ4v) is 1.15. The number of alkyl halides is 2. The van der Waals surface area contributed by atoms with Crippen molar-refractivity contribution in [3.05, 3.63) is 11.5 Å². The second-order valence-electron chi connectivity index (χ2n) is 3.58. The zero-order valence-corrected chi connectivity index (χ0v) is 7.73. The summed E-state index contributed by atoms with van der Waals surface area (Å²) in [6, 6.07) is 0. The Hall–Kier alpha value is -0.970. The Balaban J connectivity index is 3.12. The number of carbonyl (C=O) groups excluding carboxylic acids is 1. The third kappa shape index (κ3) is 1.14. The van der Waals surface area contributed by atoms with Crippen molar-refractivity contribution in [2.24, 2.45) is 0 Å². The smallest absolute Gasteiger partial charge is 0.332 e. The van der Waals surface area contributed by atoms with Gasteiger partial charge in [0, 0.05) is 5.76 Å². The van der Waals surface area contributed by atoms with Gasteiger partial charge < -0.3 is 5.11 Å². The number of Topliss-reactive ketones (excluding diaryl/α,β-unsaturated/α-hetero) is 1. The van der Waals surface area contributed by atoms with Crippen LogP contribution in [-0.2, 0) is 4.79 Å². The fraction of sp³-hybridized carbons (Fsp3) is 0.625. The first-order valence-corrected chi connectivity index (χ1v) is 3.93. The molecular formula is C8H11F2NO2. The minimum absolute atomic E-state index is 0.0761. The molecule has 0 saturated heterocycles. The van der Waals surface area contributed by atoms with Crippen LogP contribution in [0.5, 0.6) is 0 Å². The summed E-state index contributed by atoms with van der Waals surface area (Å²) in [5.41, 5.74) is -0.299. The summed E-state index contributed by atoms with van der Waals surface area (Å²) in [5.74, 6) is -6.42. The lowest BCUT2D eigenvalue weighted by atomic mass is 9.94. The van der Waals surface area contributed by atoms with Crippen LogP contribution < -0.4 is 5.11 Å². The summed E-state index contributed by atoms with van der Waals surface area (Å²) >= 11 is 0. The van der Waals surface area contributed by atoms with Crippen molar-refractivity contribution >= 4 is 5.78 Å². The molecule has 1 aliphatic carbocycles. The molecule has 0 unspecified atom stereocenters. The second-order valence-corrected chi connectivity index (χ2v) is 3.58. The summed E-state index contributed by atoms with van der Waals surface area (Å²) < 4.78 is 24.9. The van der Waals surface area contributed by atoms with E-state index in [9.17, 15) is 18.7 Å². The molecule has 1 rings (SSSR count). The van der Waals surface area contributed by atoms with Crippen LogP contribution in [0.4, 0.5) is 8.78 Å². The Labute approximate surface area is 74.9 Å². The average molecular weight is 191 g/mol. The number of rotatable bonds is 2. The summed E-state index contributed by atoms with van der Waals surface area (Å²) in [7, 11) is 3.11. The molecule has 0 heterocycles. The highest BCUT2D eigenvalue weighted by Gasteiger charge is 2.57. The summed E-state index contributed by atoms with van der Waals surface area (Å²) in [5, 5.41) is 10.9. The minimum atomic E-state index is -3.76. The Morgan fingerprint density at radius 1 is 1.46 bits per heavy atom. The van der Waals surface area contributed by atoms with Crippen LogP contribution in [0.3, 0.4) is 0 Å². The van der Waals surface area contributed by atoms with Gasteiger partial charge in [0.05, 0.1) is 20.6 Å². The molecule has 0 aromatic rings. The standard InChI is InChI=1S/C8H11F2NO2/c1-4-11(2,3)5-6(12)8(9,10)7(5)13/h4H2,1-3H3. The third-order valence-electron chi connectivity index (χ3n) is 2.40. The van der Waals surface area contributed by atoms with Crippen molar-refractivity contribution in [1.82, 2.24) is 0 Å². The molecule has 3 nitrogen and oxygen atoms in total. The maximum atomic E-state index is 12.5. The number of halogens is 2. The molecule has 13 heavy (non-hydrogen) atoms. The van der Waals surface area contributed by atoms with Crippen molar-refractivity contribution < 1.29 is 23.2 Å². The molecule has 1 aliphatic rings. The highest BCUT2D eigenvalue weighted by molar-refractivity contribution is 6.08. The van der Waals surface area contributed by atoms with Crippen LogP contribution in [0, 0.1) is 0 Å². The zero-order valence-electron chi connectivity index (χ0n) is 7.73. The molecule has 0 radical (unpaired) electrons. The van der Waals surface area contributed by atoms with E-state index in [1.54, 1.807) is 21.0 Å². The molecule has 0 aromatic carbocycles. The number of quaternary nitrogens is 1. The lowest BCUT2D eigenvalue weighted by Crippen LogP contribution is -2.58. The van der Waals surface area contributed by atoms with E-state index in [4.69, 9.17) is 0 Å². The molecule has 0 bridgehead atoms. The number of carbonyl (C=O) groups is 1. The third-order valence-corrected chi connectivity index (χ3v) is 2.40.